The highest BCUT2D eigenvalue weighted by Gasteiger charge is 2.51. The molecule has 0 heterocycles. The predicted molar refractivity (Wildman–Crippen MR) is 78.0 cm³/mol. The van der Waals surface area contributed by atoms with E-state index in [1.807, 2.05) is 6.07 Å². The van der Waals surface area contributed by atoms with E-state index in [4.69, 9.17) is 0 Å². The van der Waals surface area contributed by atoms with Crippen molar-refractivity contribution in [3.8, 4) is 6.07 Å². The number of fused-ring (bicyclic) bond motifs is 2. The van der Waals surface area contributed by atoms with Gasteiger partial charge in [0.15, 0.2) is 0 Å². The van der Waals surface area contributed by atoms with Crippen LogP contribution in [0.4, 0.5) is 5.69 Å². The van der Waals surface area contributed by atoms with Crippen molar-refractivity contribution in [1.82, 2.24) is 0 Å². The molecule has 20 heavy (non-hydrogen) atoms. The van der Waals surface area contributed by atoms with Gasteiger partial charge in [0.2, 0.25) is 0 Å². The molecular weight excluding hydrogens is 320 g/mol. The normalized spacial score (nSPS) is 31.2. The topological polar surface area (TPSA) is 66.9 Å². The average molecular weight is 335 g/mol. The van der Waals surface area contributed by atoms with E-state index in [0.29, 0.717) is 22.7 Å². The minimum Gasteiger partial charge on any atom is -0.258 e. The van der Waals surface area contributed by atoms with Gasteiger partial charge in [0.1, 0.15) is 0 Å². The minimum atomic E-state index is -0.382. The van der Waals surface area contributed by atoms with Crippen LogP contribution in [-0.2, 0) is 6.42 Å². The molecule has 0 aliphatic heterocycles. The molecule has 2 bridgehead atoms. The molecule has 1 aromatic rings. The van der Waals surface area contributed by atoms with Crippen LogP contribution in [-0.4, -0.2) is 4.92 Å². The Bertz CT molecular complexity index is 610. The molecule has 0 spiro atoms. The van der Waals surface area contributed by atoms with E-state index in [0.717, 1.165) is 24.8 Å². The van der Waals surface area contributed by atoms with Gasteiger partial charge in [-0.15, -0.1) is 0 Å². The lowest BCUT2D eigenvalue weighted by Gasteiger charge is -2.31. The van der Waals surface area contributed by atoms with Crippen molar-refractivity contribution in [3.63, 3.8) is 0 Å². The Hall–Kier alpha value is -1.41. The van der Waals surface area contributed by atoms with E-state index in [2.05, 4.69) is 22.0 Å². The van der Waals surface area contributed by atoms with Crippen LogP contribution in [0, 0.1) is 38.7 Å². The van der Waals surface area contributed by atoms with E-state index in [-0.39, 0.29) is 16.0 Å². The molecule has 5 heteroatoms. The summed E-state index contributed by atoms with van der Waals surface area (Å²) in [5.41, 5.74) is 0.646. The first-order chi connectivity index (χ1) is 9.55. The molecule has 3 atom stereocenters. The van der Waals surface area contributed by atoms with Crippen LogP contribution in [0.5, 0.6) is 0 Å². The Labute approximate surface area is 126 Å². The molecule has 1 aromatic carbocycles. The second-order valence-electron chi connectivity index (χ2n) is 6.03. The lowest BCUT2D eigenvalue weighted by molar-refractivity contribution is -0.385. The molecule has 2 aliphatic rings. The number of hydrogen-bond donors (Lipinski definition) is 0. The number of hydrogen-bond acceptors (Lipinski definition) is 3. The van der Waals surface area contributed by atoms with Crippen molar-refractivity contribution >= 4 is 21.6 Å². The minimum absolute atomic E-state index is 0.0822. The van der Waals surface area contributed by atoms with Gasteiger partial charge in [0, 0.05) is 6.07 Å². The Balaban J connectivity index is 1.94. The van der Waals surface area contributed by atoms with Crippen molar-refractivity contribution in [2.45, 2.75) is 32.1 Å². The van der Waals surface area contributed by atoms with E-state index in [9.17, 15) is 15.4 Å². The van der Waals surface area contributed by atoms with Gasteiger partial charge in [-0.25, -0.2) is 0 Å². The molecule has 2 saturated carbocycles. The zero-order chi connectivity index (χ0) is 14.3. The fraction of sp³-hybridized carbons (Fsp3) is 0.533. The van der Waals surface area contributed by atoms with Crippen molar-refractivity contribution in [2.75, 3.05) is 0 Å². The fourth-order valence-electron chi connectivity index (χ4n) is 4.02. The summed E-state index contributed by atoms with van der Waals surface area (Å²) in [5.74, 6) is 1.14. The van der Waals surface area contributed by atoms with Crippen LogP contribution < -0.4 is 0 Å². The van der Waals surface area contributed by atoms with Crippen molar-refractivity contribution in [2.24, 2.45) is 17.3 Å². The van der Waals surface area contributed by atoms with Crippen molar-refractivity contribution in [3.05, 3.63) is 38.3 Å². The number of rotatable bonds is 3. The number of nitrogens with zero attached hydrogens (tertiary/aromatic N) is 2. The molecule has 2 fully saturated rings. The summed E-state index contributed by atoms with van der Waals surface area (Å²) in [5, 5.41) is 20.7. The zero-order valence-corrected chi connectivity index (χ0v) is 12.6. The zero-order valence-electron chi connectivity index (χ0n) is 11.0. The van der Waals surface area contributed by atoms with Crippen LogP contribution in [0.3, 0.4) is 0 Å². The lowest BCUT2D eigenvalue weighted by atomic mass is 9.70. The predicted octanol–water partition coefficient (Wildman–Crippen LogP) is 4.23. The van der Waals surface area contributed by atoms with Crippen LogP contribution in [0.1, 0.15) is 31.2 Å². The highest BCUT2D eigenvalue weighted by molar-refractivity contribution is 9.10. The van der Waals surface area contributed by atoms with Crippen LogP contribution in [0.15, 0.2) is 22.7 Å². The van der Waals surface area contributed by atoms with Gasteiger partial charge in [0.05, 0.1) is 20.9 Å². The molecule has 3 rings (SSSR count). The number of nitriles is 1. The summed E-state index contributed by atoms with van der Waals surface area (Å²) in [6.07, 6.45) is 5.09. The van der Waals surface area contributed by atoms with Crippen LogP contribution >= 0.6 is 15.9 Å². The summed E-state index contributed by atoms with van der Waals surface area (Å²) in [6, 6.07) is 7.63. The number of nitro groups is 1. The highest BCUT2D eigenvalue weighted by Crippen LogP contribution is 2.57. The molecule has 0 amide bonds. The van der Waals surface area contributed by atoms with E-state index < -0.39 is 0 Å². The Morgan fingerprint density at radius 1 is 1.50 bits per heavy atom. The quantitative estimate of drug-likeness (QED) is 0.613. The first-order valence-electron chi connectivity index (χ1n) is 6.89. The number of halogens is 1. The molecule has 0 aromatic heterocycles. The fourth-order valence-corrected chi connectivity index (χ4v) is 4.57. The maximum Gasteiger partial charge on any atom is 0.283 e. The Morgan fingerprint density at radius 3 is 2.85 bits per heavy atom. The molecule has 0 radical (unpaired) electrons. The largest absolute Gasteiger partial charge is 0.283 e. The standard InChI is InChI=1S/C15H15BrN2O2/c16-14-11(2-1-3-13(14)18(19)20)8-15(9-17)7-10-4-5-12(15)6-10/h1-3,10,12H,4-8H2. The first kappa shape index (κ1) is 13.6. The van der Waals surface area contributed by atoms with Gasteiger partial charge < -0.3 is 0 Å². The van der Waals surface area contributed by atoms with Gasteiger partial charge in [-0.05, 0) is 59.0 Å². The van der Waals surface area contributed by atoms with E-state index in [1.165, 1.54) is 12.5 Å². The molecule has 0 saturated heterocycles. The van der Waals surface area contributed by atoms with E-state index >= 15 is 0 Å². The van der Waals surface area contributed by atoms with Crippen LogP contribution in [0.2, 0.25) is 0 Å². The third-order valence-corrected chi connectivity index (χ3v) is 5.87. The second-order valence-corrected chi connectivity index (χ2v) is 6.83. The molecule has 0 N–H and O–H groups in total. The monoisotopic (exact) mass is 334 g/mol. The van der Waals surface area contributed by atoms with E-state index in [1.54, 1.807) is 6.07 Å². The third-order valence-electron chi connectivity index (χ3n) is 4.96. The maximum absolute atomic E-state index is 11.0. The molecular formula is C15H15BrN2O2. The van der Waals surface area contributed by atoms with Gasteiger partial charge in [0.25, 0.3) is 5.69 Å². The van der Waals surface area contributed by atoms with Gasteiger partial charge >= 0.3 is 0 Å². The van der Waals surface area contributed by atoms with Gasteiger partial charge in [-0.3, -0.25) is 10.1 Å². The summed E-state index contributed by atoms with van der Waals surface area (Å²) >= 11 is 3.34. The van der Waals surface area contributed by atoms with Gasteiger partial charge in [-0.1, -0.05) is 18.6 Å². The first-order valence-corrected chi connectivity index (χ1v) is 7.68. The third kappa shape index (κ3) is 2.03. The highest BCUT2D eigenvalue weighted by atomic mass is 79.9. The van der Waals surface area contributed by atoms with Crippen LogP contribution in [0.25, 0.3) is 0 Å². The van der Waals surface area contributed by atoms with Gasteiger partial charge in [-0.2, -0.15) is 5.26 Å². The summed E-state index contributed by atoms with van der Waals surface area (Å²) in [7, 11) is 0. The SMILES string of the molecule is N#CC1(Cc2cccc([N+](=O)[O-])c2Br)CC2CCC1C2. The number of nitro benzene ring substituents is 1. The molecule has 2 aliphatic carbocycles. The van der Waals surface area contributed by atoms with Crippen molar-refractivity contribution in [1.29, 1.82) is 5.26 Å². The molecule has 3 unspecified atom stereocenters. The smallest absolute Gasteiger partial charge is 0.258 e. The second kappa shape index (κ2) is 4.85. The average Bonchev–Trinajstić information content (AvgIpc) is 3.01. The lowest BCUT2D eigenvalue weighted by Crippen LogP contribution is -2.28. The molecule has 104 valence electrons. The summed E-state index contributed by atoms with van der Waals surface area (Å²) < 4.78 is 0.530. The Kier molecular flexibility index (Phi) is 3.29. The summed E-state index contributed by atoms with van der Waals surface area (Å²) in [4.78, 5) is 10.6. The Morgan fingerprint density at radius 2 is 2.30 bits per heavy atom. The number of benzene rings is 1. The van der Waals surface area contributed by atoms with Crippen molar-refractivity contribution < 1.29 is 4.92 Å². The summed E-state index contributed by atoms with van der Waals surface area (Å²) in [6.45, 7) is 0. The molecule has 4 nitrogen and oxygen atoms in total. The maximum atomic E-state index is 11.0.